The van der Waals surface area contributed by atoms with Crippen LogP contribution in [0.15, 0.2) is 6.07 Å². The minimum Gasteiger partial charge on any atom is -0.496 e. The van der Waals surface area contributed by atoms with Gasteiger partial charge in [0.1, 0.15) is 11.8 Å². The van der Waals surface area contributed by atoms with Gasteiger partial charge in [-0.05, 0) is 44.5 Å². The van der Waals surface area contributed by atoms with E-state index >= 15 is 0 Å². The fourth-order valence-corrected chi connectivity index (χ4v) is 2.08. The Labute approximate surface area is 102 Å². The van der Waals surface area contributed by atoms with Crippen LogP contribution in [0.25, 0.3) is 0 Å². The highest BCUT2D eigenvalue weighted by Crippen LogP contribution is 2.33. The minimum atomic E-state index is -0.905. The third kappa shape index (κ3) is 2.42. The van der Waals surface area contributed by atoms with Crippen LogP contribution in [0.1, 0.15) is 28.3 Å². The number of carboxylic acid groups (broad SMARTS) is 1. The summed E-state index contributed by atoms with van der Waals surface area (Å²) in [6, 6.07) is 1.24. The second kappa shape index (κ2) is 5.19. The van der Waals surface area contributed by atoms with Crippen molar-refractivity contribution in [1.29, 1.82) is 0 Å². The molecule has 4 nitrogen and oxygen atoms in total. The third-order valence-corrected chi connectivity index (χ3v) is 3.06. The van der Waals surface area contributed by atoms with Crippen LogP contribution in [0, 0.1) is 20.8 Å². The van der Waals surface area contributed by atoms with Gasteiger partial charge in [0, 0.05) is 5.56 Å². The van der Waals surface area contributed by atoms with Crippen LogP contribution in [0.4, 0.5) is 0 Å². The van der Waals surface area contributed by atoms with Crippen molar-refractivity contribution in [3.63, 3.8) is 0 Å². The maximum Gasteiger partial charge on any atom is 0.325 e. The van der Waals surface area contributed by atoms with Crippen molar-refractivity contribution in [3.8, 4) is 5.75 Å². The Morgan fingerprint density at radius 3 is 2.35 bits per heavy atom. The molecule has 0 aliphatic heterocycles. The number of aryl methyl sites for hydroxylation is 2. The Kier molecular flexibility index (Phi) is 4.12. The Morgan fingerprint density at radius 2 is 1.94 bits per heavy atom. The fourth-order valence-electron chi connectivity index (χ4n) is 2.08. The van der Waals surface area contributed by atoms with Gasteiger partial charge in [-0.1, -0.05) is 6.07 Å². The number of hydrogen-bond donors (Lipinski definition) is 2. The Hall–Kier alpha value is -1.55. The third-order valence-electron chi connectivity index (χ3n) is 3.06. The summed E-state index contributed by atoms with van der Waals surface area (Å²) >= 11 is 0. The molecule has 0 aliphatic carbocycles. The van der Waals surface area contributed by atoms with Gasteiger partial charge in [-0.3, -0.25) is 4.79 Å². The minimum absolute atomic E-state index is 0.657. The van der Waals surface area contributed by atoms with Crippen LogP contribution in [0.5, 0.6) is 5.75 Å². The quantitative estimate of drug-likeness (QED) is 0.840. The molecule has 1 aromatic carbocycles. The van der Waals surface area contributed by atoms with Crippen molar-refractivity contribution in [2.45, 2.75) is 26.8 Å². The van der Waals surface area contributed by atoms with Gasteiger partial charge in [-0.2, -0.15) is 0 Å². The summed E-state index contributed by atoms with van der Waals surface area (Å²) in [6.07, 6.45) is 0. The zero-order valence-corrected chi connectivity index (χ0v) is 10.9. The molecule has 0 saturated carbocycles. The molecule has 0 radical (unpaired) electrons. The average Bonchev–Trinajstić information content (AvgIpc) is 2.26. The monoisotopic (exact) mass is 237 g/mol. The number of likely N-dealkylation sites (N-methyl/N-ethyl adjacent to an activating group) is 1. The van der Waals surface area contributed by atoms with Crippen LogP contribution >= 0.6 is 0 Å². The largest absolute Gasteiger partial charge is 0.496 e. The van der Waals surface area contributed by atoms with Gasteiger partial charge in [0.05, 0.1) is 7.11 Å². The number of rotatable bonds is 4. The van der Waals surface area contributed by atoms with E-state index in [0.717, 1.165) is 16.7 Å². The second-order valence-corrected chi connectivity index (χ2v) is 4.14. The molecule has 0 saturated heterocycles. The maximum absolute atomic E-state index is 11.2. The van der Waals surface area contributed by atoms with Crippen molar-refractivity contribution in [1.82, 2.24) is 5.32 Å². The summed E-state index contributed by atoms with van der Waals surface area (Å²) in [6.45, 7) is 5.83. The van der Waals surface area contributed by atoms with E-state index in [0.29, 0.717) is 11.3 Å². The lowest BCUT2D eigenvalue weighted by Gasteiger charge is -2.21. The number of ether oxygens (including phenoxy) is 1. The highest BCUT2D eigenvalue weighted by molar-refractivity contribution is 5.78. The van der Waals surface area contributed by atoms with Crippen LogP contribution in [-0.4, -0.2) is 25.2 Å². The molecule has 17 heavy (non-hydrogen) atoms. The lowest BCUT2D eigenvalue weighted by atomic mass is 9.94. The van der Waals surface area contributed by atoms with Crippen molar-refractivity contribution < 1.29 is 14.6 Å². The molecule has 94 valence electrons. The first-order valence-corrected chi connectivity index (χ1v) is 5.48. The molecule has 0 bridgehead atoms. The van der Waals surface area contributed by atoms with E-state index in [2.05, 4.69) is 5.32 Å². The Morgan fingerprint density at radius 1 is 1.35 bits per heavy atom. The smallest absolute Gasteiger partial charge is 0.325 e. The van der Waals surface area contributed by atoms with E-state index in [1.165, 1.54) is 0 Å². The van der Waals surface area contributed by atoms with E-state index in [1.54, 1.807) is 14.2 Å². The fraction of sp³-hybridized carbons (Fsp3) is 0.462. The number of nitrogens with one attached hydrogen (secondary N) is 1. The van der Waals surface area contributed by atoms with Gasteiger partial charge in [0.15, 0.2) is 0 Å². The van der Waals surface area contributed by atoms with E-state index in [4.69, 9.17) is 4.74 Å². The molecule has 0 amide bonds. The molecule has 0 aromatic heterocycles. The van der Waals surface area contributed by atoms with E-state index < -0.39 is 12.0 Å². The molecule has 1 rings (SSSR count). The predicted octanol–water partition coefficient (Wildman–Crippen LogP) is 1.97. The van der Waals surface area contributed by atoms with Crippen LogP contribution in [0.3, 0.4) is 0 Å². The molecule has 0 aliphatic rings. The Balaban J connectivity index is 3.50. The van der Waals surface area contributed by atoms with Crippen molar-refractivity contribution in [3.05, 3.63) is 28.3 Å². The number of hydrogen-bond acceptors (Lipinski definition) is 3. The first kappa shape index (κ1) is 13.5. The Bertz CT molecular complexity index is 441. The number of aliphatic carboxylic acids is 1. The molecule has 2 N–H and O–H groups in total. The van der Waals surface area contributed by atoms with Crippen LogP contribution in [0.2, 0.25) is 0 Å². The first-order valence-electron chi connectivity index (χ1n) is 5.48. The lowest BCUT2D eigenvalue weighted by Crippen LogP contribution is -2.26. The van der Waals surface area contributed by atoms with E-state index in [1.807, 2.05) is 26.8 Å². The van der Waals surface area contributed by atoms with Crippen LogP contribution < -0.4 is 10.1 Å². The maximum atomic E-state index is 11.2. The standard InChI is InChI=1S/C13H19NO3/c1-7-6-8(2)10(11(14-4)13(15)16)12(17-5)9(7)3/h6,11,14H,1-5H3,(H,15,16). The second-order valence-electron chi connectivity index (χ2n) is 4.14. The summed E-state index contributed by atoms with van der Waals surface area (Å²) < 4.78 is 5.37. The van der Waals surface area contributed by atoms with Crippen molar-refractivity contribution in [2.75, 3.05) is 14.2 Å². The first-order chi connectivity index (χ1) is 7.93. The summed E-state index contributed by atoms with van der Waals surface area (Å²) in [5.74, 6) is -0.249. The summed E-state index contributed by atoms with van der Waals surface area (Å²) in [5, 5.41) is 12.0. The molecule has 0 spiro atoms. The normalized spacial score (nSPS) is 12.3. The zero-order chi connectivity index (χ0) is 13.2. The van der Waals surface area contributed by atoms with Gasteiger partial charge in [-0.15, -0.1) is 0 Å². The predicted molar refractivity (Wildman–Crippen MR) is 66.6 cm³/mol. The average molecular weight is 237 g/mol. The van der Waals surface area contributed by atoms with E-state index in [-0.39, 0.29) is 0 Å². The SMILES string of the molecule is CNC(C(=O)O)c1c(C)cc(C)c(C)c1OC. The number of benzene rings is 1. The van der Waals surface area contributed by atoms with Crippen molar-refractivity contribution >= 4 is 5.97 Å². The van der Waals surface area contributed by atoms with Gasteiger partial charge < -0.3 is 15.2 Å². The molecular weight excluding hydrogens is 218 g/mol. The number of methoxy groups -OCH3 is 1. The molecule has 1 aromatic rings. The van der Waals surface area contributed by atoms with Crippen LogP contribution in [-0.2, 0) is 4.79 Å². The summed E-state index contributed by atoms with van der Waals surface area (Å²) in [5.41, 5.74) is 3.70. The summed E-state index contributed by atoms with van der Waals surface area (Å²) in [4.78, 5) is 11.2. The molecule has 1 unspecified atom stereocenters. The zero-order valence-electron chi connectivity index (χ0n) is 10.9. The molecule has 1 atom stereocenters. The molecular formula is C13H19NO3. The van der Waals surface area contributed by atoms with Gasteiger partial charge in [-0.25, -0.2) is 0 Å². The van der Waals surface area contributed by atoms with Gasteiger partial charge in [0.25, 0.3) is 0 Å². The van der Waals surface area contributed by atoms with Gasteiger partial charge >= 0.3 is 5.97 Å². The number of carboxylic acids is 1. The lowest BCUT2D eigenvalue weighted by molar-refractivity contribution is -0.139. The molecule has 0 heterocycles. The van der Waals surface area contributed by atoms with E-state index in [9.17, 15) is 9.90 Å². The molecule has 0 fully saturated rings. The topological polar surface area (TPSA) is 58.6 Å². The highest BCUT2D eigenvalue weighted by atomic mass is 16.5. The highest BCUT2D eigenvalue weighted by Gasteiger charge is 2.25. The van der Waals surface area contributed by atoms with Crippen molar-refractivity contribution in [2.24, 2.45) is 0 Å². The number of carbonyl (C=O) groups is 1. The summed E-state index contributed by atoms with van der Waals surface area (Å²) in [7, 11) is 3.20. The molecule has 4 heteroatoms. The van der Waals surface area contributed by atoms with Gasteiger partial charge in [0.2, 0.25) is 0 Å².